The Kier molecular flexibility index (Phi) is 5.25. The van der Waals surface area contributed by atoms with E-state index in [4.69, 9.17) is 5.26 Å². The lowest BCUT2D eigenvalue weighted by Gasteiger charge is -2.19. The van der Waals surface area contributed by atoms with Gasteiger partial charge in [0, 0.05) is 6.04 Å². The van der Waals surface area contributed by atoms with Gasteiger partial charge in [0.2, 0.25) is 0 Å². The number of nitriles is 1. The molecule has 60 valence electrons. The van der Waals surface area contributed by atoms with Crippen LogP contribution in [-0.2, 0) is 0 Å². The van der Waals surface area contributed by atoms with E-state index in [1.165, 1.54) is 0 Å². The number of nitrogens with zero attached hydrogens (tertiary/aromatic N) is 2. The van der Waals surface area contributed by atoms with Crippen molar-refractivity contribution in [3.05, 3.63) is 0 Å². The van der Waals surface area contributed by atoms with E-state index >= 15 is 0 Å². The number of rotatable bonds is 3. The minimum absolute atomic E-state index is 0.399. The minimum atomic E-state index is 0.399. The third-order valence-electron chi connectivity index (χ3n) is 1.46. The molecule has 2 heteroatoms. The van der Waals surface area contributed by atoms with Crippen molar-refractivity contribution in [2.24, 2.45) is 0 Å². The molecule has 0 aliphatic rings. The van der Waals surface area contributed by atoms with Gasteiger partial charge in [0.25, 0.3) is 0 Å². The summed E-state index contributed by atoms with van der Waals surface area (Å²) in [7, 11) is 0. The molecule has 0 N–H and O–H groups in total. The van der Waals surface area contributed by atoms with Gasteiger partial charge in [-0.3, -0.25) is 4.90 Å². The molecule has 0 aliphatic heterocycles. The summed E-state index contributed by atoms with van der Waals surface area (Å²) in [4.78, 5) is 2.02. The summed E-state index contributed by atoms with van der Waals surface area (Å²) in [5, 5.41) is 8.45. The first-order chi connectivity index (χ1) is 5.22. The van der Waals surface area contributed by atoms with E-state index < -0.39 is 0 Å². The maximum absolute atomic E-state index is 8.45. The SMILES string of the molecule is CC#CCN(CC#N)C(C)C. The minimum Gasteiger partial charge on any atom is -0.277 e. The van der Waals surface area contributed by atoms with Gasteiger partial charge in [-0.2, -0.15) is 5.26 Å². The highest BCUT2D eigenvalue weighted by Crippen LogP contribution is 1.94. The molecule has 0 bridgehead atoms. The van der Waals surface area contributed by atoms with Gasteiger partial charge in [-0.1, -0.05) is 5.92 Å². The van der Waals surface area contributed by atoms with Gasteiger partial charge < -0.3 is 0 Å². The van der Waals surface area contributed by atoms with Gasteiger partial charge in [0.15, 0.2) is 0 Å². The van der Waals surface area contributed by atoms with Crippen molar-refractivity contribution in [3.8, 4) is 17.9 Å². The van der Waals surface area contributed by atoms with Crippen molar-refractivity contribution in [2.75, 3.05) is 13.1 Å². The zero-order valence-corrected chi connectivity index (χ0v) is 7.39. The zero-order chi connectivity index (χ0) is 8.69. The highest BCUT2D eigenvalue weighted by molar-refractivity contribution is 4.99. The molecule has 0 atom stereocenters. The third-order valence-corrected chi connectivity index (χ3v) is 1.46. The van der Waals surface area contributed by atoms with Crippen LogP contribution >= 0.6 is 0 Å². The Morgan fingerprint density at radius 1 is 1.36 bits per heavy atom. The number of hydrogen-bond acceptors (Lipinski definition) is 2. The highest BCUT2D eigenvalue weighted by atomic mass is 15.1. The summed E-state index contributed by atoms with van der Waals surface area (Å²) in [6.45, 7) is 7.10. The molecule has 0 aromatic carbocycles. The first kappa shape index (κ1) is 10.0. The summed E-state index contributed by atoms with van der Waals surface area (Å²) in [5.41, 5.74) is 0. The van der Waals surface area contributed by atoms with E-state index in [0.29, 0.717) is 19.1 Å². The average Bonchev–Trinajstić information content (AvgIpc) is 1.97. The van der Waals surface area contributed by atoms with Crippen molar-refractivity contribution >= 4 is 0 Å². The molecule has 0 unspecified atom stereocenters. The van der Waals surface area contributed by atoms with Crippen LogP contribution < -0.4 is 0 Å². The Bertz CT molecular complexity index is 190. The second-order valence-corrected chi connectivity index (χ2v) is 2.58. The fourth-order valence-electron chi connectivity index (χ4n) is 0.692. The lowest BCUT2D eigenvalue weighted by molar-refractivity contribution is 0.280. The predicted octanol–water partition coefficient (Wildman–Crippen LogP) is 1.24. The van der Waals surface area contributed by atoms with Gasteiger partial charge >= 0.3 is 0 Å². The van der Waals surface area contributed by atoms with Crippen LogP contribution in [0.3, 0.4) is 0 Å². The molecule has 0 heterocycles. The zero-order valence-electron chi connectivity index (χ0n) is 7.39. The topological polar surface area (TPSA) is 27.0 Å². The molecule has 0 aliphatic carbocycles. The van der Waals surface area contributed by atoms with Crippen molar-refractivity contribution in [1.82, 2.24) is 4.90 Å². The Balaban J connectivity index is 3.87. The smallest absolute Gasteiger partial charge is 0.0875 e. The largest absolute Gasteiger partial charge is 0.277 e. The molecule has 0 radical (unpaired) electrons. The van der Waals surface area contributed by atoms with Crippen LogP contribution in [0.2, 0.25) is 0 Å². The van der Waals surface area contributed by atoms with E-state index in [2.05, 4.69) is 31.8 Å². The summed E-state index contributed by atoms with van der Waals surface area (Å²) in [6, 6.07) is 2.51. The molecule has 2 nitrogen and oxygen atoms in total. The predicted molar refractivity (Wildman–Crippen MR) is 45.8 cm³/mol. The Morgan fingerprint density at radius 3 is 2.36 bits per heavy atom. The summed E-state index contributed by atoms with van der Waals surface area (Å²) in [6.07, 6.45) is 0. The van der Waals surface area contributed by atoms with Gasteiger partial charge in [0.05, 0.1) is 19.2 Å². The molecule has 11 heavy (non-hydrogen) atoms. The van der Waals surface area contributed by atoms with E-state index in [1.807, 2.05) is 11.8 Å². The van der Waals surface area contributed by atoms with Crippen molar-refractivity contribution in [3.63, 3.8) is 0 Å². The fourth-order valence-corrected chi connectivity index (χ4v) is 0.692. The lowest BCUT2D eigenvalue weighted by Crippen LogP contribution is -2.31. The van der Waals surface area contributed by atoms with Gasteiger partial charge in [0.1, 0.15) is 0 Å². The van der Waals surface area contributed by atoms with Crippen LogP contribution in [0.4, 0.5) is 0 Å². The molecule has 0 aromatic rings. The summed E-state index contributed by atoms with van der Waals surface area (Å²) >= 11 is 0. The van der Waals surface area contributed by atoms with Gasteiger partial charge in [-0.25, -0.2) is 0 Å². The van der Waals surface area contributed by atoms with Crippen molar-refractivity contribution in [1.29, 1.82) is 5.26 Å². The standard InChI is InChI=1S/C9H14N2/c1-4-5-7-11(8-6-10)9(2)3/h9H,7-8H2,1-3H3. The van der Waals surface area contributed by atoms with E-state index in [-0.39, 0.29) is 0 Å². The summed E-state index contributed by atoms with van der Waals surface area (Å²) < 4.78 is 0. The molecule has 0 saturated heterocycles. The molecule has 0 rings (SSSR count). The maximum Gasteiger partial charge on any atom is 0.0875 e. The Labute approximate surface area is 68.8 Å². The Hall–Kier alpha value is -0.990. The van der Waals surface area contributed by atoms with Gasteiger partial charge in [-0.05, 0) is 20.8 Å². The van der Waals surface area contributed by atoms with E-state index in [0.717, 1.165) is 0 Å². The molecule has 0 spiro atoms. The summed E-state index contributed by atoms with van der Waals surface area (Å²) in [5.74, 6) is 5.75. The van der Waals surface area contributed by atoms with Crippen LogP contribution in [0.15, 0.2) is 0 Å². The van der Waals surface area contributed by atoms with Crippen LogP contribution in [-0.4, -0.2) is 24.0 Å². The quantitative estimate of drug-likeness (QED) is 0.447. The molecule has 0 aromatic heterocycles. The maximum atomic E-state index is 8.45. The molecular formula is C9H14N2. The van der Waals surface area contributed by atoms with Crippen molar-refractivity contribution < 1.29 is 0 Å². The van der Waals surface area contributed by atoms with Crippen molar-refractivity contribution in [2.45, 2.75) is 26.8 Å². The van der Waals surface area contributed by atoms with E-state index in [1.54, 1.807) is 0 Å². The normalized spacial score (nSPS) is 9.09. The second-order valence-electron chi connectivity index (χ2n) is 2.58. The van der Waals surface area contributed by atoms with E-state index in [9.17, 15) is 0 Å². The van der Waals surface area contributed by atoms with Crippen LogP contribution in [0.1, 0.15) is 20.8 Å². The first-order valence-electron chi connectivity index (χ1n) is 3.73. The number of hydrogen-bond donors (Lipinski definition) is 0. The molecular weight excluding hydrogens is 136 g/mol. The monoisotopic (exact) mass is 150 g/mol. The second kappa shape index (κ2) is 5.77. The van der Waals surface area contributed by atoms with Gasteiger partial charge in [-0.15, -0.1) is 5.92 Å². The molecule has 0 saturated carbocycles. The van der Waals surface area contributed by atoms with Crippen LogP contribution in [0, 0.1) is 23.2 Å². The first-order valence-corrected chi connectivity index (χ1v) is 3.73. The Morgan fingerprint density at radius 2 is 2.00 bits per heavy atom. The van der Waals surface area contributed by atoms with Crippen LogP contribution in [0.25, 0.3) is 0 Å². The average molecular weight is 150 g/mol. The van der Waals surface area contributed by atoms with Crippen LogP contribution in [0.5, 0.6) is 0 Å². The molecule has 0 fully saturated rings. The third kappa shape index (κ3) is 4.42. The lowest BCUT2D eigenvalue weighted by atomic mass is 10.3. The highest BCUT2D eigenvalue weighted by Gasteiger charge is 2.05. The molecule has 0 amide bonds. The fraction of sp³-hybridized carbons (Fsp3) is 0.667.